The summed E-state index contributed by atoms with van der Waals surface area (Å²) in [5, 5.41) is 12.2. The molecule has 1 aromatic rings. The van der Waals surface area contributed by atoms with Gasteiger partial charge in [-0.3, -0.25) is 9.59 Å². The Kier molecular flexibility index (Phi) is 6.21. The Morgan fingerprint density at radius 2 is 1.95 bits per heavy atom. The Balaban J connectivity index is 2.46. The first-order valence-electron chi connectivity index (χ1n) is 6.97. The number of halogens is 1. The van der Waals surface area contributed by atoms with Gasteiger partial charge < -0.3 is 10.4 Å². The number of aliphatic carboxylic acids is 1. The minimum absolute atomic E-state index is 0.110. The summed E-state index contributed by atoms with van der Waals surface area (Å²) in [7, 11) is 0. The number of hydrogen-bond acceptors (Lipinski definition) is 2. The van der Waals surface area contributed by atoms with Gasteiger partial charge in [0.1, 0.15) is 0 Å². The smallest absolute Gasteiger partial charge is 0.303 e. The van der Waals surface area contributed by atoms with Crippen LogP contribution >= 0.6 is 11.6 Å². The molecule has 0 unspecified atom stereocenters. The number of carbonyl (C=O) groups excluding carboxylic acids is 1. The zero-order chi connectivity index (χ0) is 16.0. The zero-order valence-corrected chi connectivity index (χ0v) is 13.5. The molecule has 116 valence electrons. The summed E-state index contributed by atoms with van der Waals surface area (Å²) in [4.78, 5) is 22.6. The van der Waals surface area contributed by atoms with Crippen LogP contribution in [0.1, 0.15) is 49.0 Å². The van der Waals surface area contributed by atoms with Gasteiger partial charge in [-0.2, -0.15) is 0 Å². The van der Waals surface area contributed by atoms with Crippen molar-refractivity contribution in [2.24, 2.45) is 5.41 Å². The van der Waals surface area contributed by atoms with Gasteiger partial charge in [-0.25, -0.2) is 0 Å². The SMILES string of the molecule is Cc1cc(C(=O)NCCC(C)(C)CCC(=O)O)ccc1Cl. The predicted octanol–water partition coefficient (Wildman–Crippen LogP) is 3.66. The number of hydrogen-bond donors (Lipinski definition) is 2. The summed E-state index contributed by atoms with van der Waals surface area (Å²) in [6, 6.07) is 5.16. The summed E-state index contributed by atoms with van der Waals surface area (Å²) in [6.45, 7) is 6.39. The molecule has 0 radical (unpaired) electrons. The first-order valence-corrected chi connectivity index (χ1v) is 7.35. The van der Waals surface area contributed by atoms with Crippen LogP contribution < -0.4 is 5.32 Å². The third-order valence-corrected chi connectivity index (χ3v) is 3.95. The van der Waals surface area contributed by atoms with Crippen molar-refractivity contribution in [3.05, 3.63) is 34.3 Å². The summed E-state index contributed by atoms with van der Waals surface area (Å²) in [5.41, 5.74) is 1.34. The monoisotopic (exact) mass is 311 g/mol. The molecule has 21 heavy (non-hydrogen) atoms. The van der Waals surface area contributed by atoms with Crippen molar-refractivity contribution in [2.75, 3.05) is 6.54 Å². The van der Waals surface area contributed by atoms with Crippen LogP contribution in [0.4, 0.5) is 0 Å². The number of rotatable bonds is 7. The lowest BCUT2D eigenvalue weighted by Gasteiger charge is -2.23. The van der Waals surface area contributed by atoms with Crippen molar-refractivity contribution in [3.63, 3.8) is 0 Å². The van der Waals surface area contributed by atoms with Gasteiger partial charge >= 0.3 is 5.97 Å². The highest BCUT2D eigenvalue weighted by molar-refractivity contribution is 6.31. The van der Waals surface area contributed by atoms with E-state index in [2.05, 4.69) is 5.32 Å². The van der Waals surface area contributed by atoms with Crippen LogP contribution in [0.5, 0.6) is 0 Å². The maximum Gasteiger partial charge on any atom is 0.303 e. The van der Waals surface area contributed by atoms with Crippen molar-refractivity contribution in [3.8, 4) is 0 Å². The summed E-state index contributed by atoms with van der Waals surface area (Å²) < 4.78 is 0. The second kappa shape index (κ2) is 7.46. The van der Waals surface area contributed by atoms with E-state index in [1.54, 1.807) is 18.2 Å². The fraction of sp³-hybridized carbons (Fsp3) is 0.500. The molecular weight excluding hydrogens is 290 g/mol. The van der Waals surface area contributed by atoms with E-state index >= 15 is 0 Å². The molecular formula is C16H22ClNO3. The van der Waals surface area contributed by atoms with Crippen molar-refractivity contribution in [1.29, 1.82) is 0 Å². The van der Waals surface area contributed by atoms with Crippen molar-refractivity contribution >= 4 is 23.5 Å². The maximum atomic E-state index is 12.0. The Bertz CT molecular complexity index is 526. The number of nitrogens with one attached hydrogen (secondary N) is 1. The molecule has 1 rings (SSSR count). The van der Waals surface area contributed by atoms with Gasteiger partial charge in [0.2, 0.25) is 0 Å². The number of amides is 1. The van der Waals surface area contributed by atoms with E-state index in [-0.39, 0.29) is 17.7 Å². The quantitative estimate of drug-likeness (QED) is 0.807. The molecule has 0 spiro atoms. The molecule has 1 amide bonds. The van der Waals surface area contributed by atoms with Crippen molar-refractivity contribution in [1.82, 2.24) is 5.32 Å². The van der Waals surface area contributed by atoms with Gasteiger partial charge in [0.15, 0.2) is 0 Å². The number of benzene rings is 1. The highest BCUT2D eigenvalue weighted by Gasteiger charge is 2.19. The number of carbonyl (C=O) groups is 2. The highest BCUT2D eigenvalue weighted by Crippen LogP contribution is 2.26. The lowest BCUT2D eigenvalue weighted by atomic mass is 9.84. The highest BCUT2D eigenvalue weighted by atomic mass is 35.5. The molecule has 0 fully saturated rings. The van der Waals surface area contributed by atoms with Crippen molar-refractivity contribution < 1.29 is 14.7 Å². The normalized spacial score (nSPS) is 11.2. The molecule has 0 heterocycles. The first-order chi connectivity index (χ1) is 9.71. The average molecular weight is 312 g/mol. The Labute approximate surface area is 130 Å². The average Bonchev–Trinajstić information content (AvgIpc) is 2.39. The molecule has 0 aliphatic carbocycles. The molecule has 0 atom stereocenters. The minimum Gasteiger partial charge on any atom is -0.481 e. The fourth-order valence-electron chi connectivity index (χ4n) is 1.97. The van der Waals surface area contributed by atoms with Crippen LogP contribution in [-0.2, 0) is 4.79 Å². The summed E-state index contributed by atoms with van der Waals surface area (Å²) in [5.74, 6) is -0.924. The third-order valence-electron chi connectivity index (χ3n) is 3.52. The first kappa shape index (κ1) is 17.5. The minimum atomic E-state index is -0.788. The largest absolute Gasteiger partial charge is 0.481 e. The number of carboxylic acid groups (broad SMARTS) is 1. The van der Waals surface area contributed by atoms with Crippen LogP contribution in [-0.4, -0.2) is 23.5 Å². The van der Waals surface area contributed by atoms with E-state index in [1.807, 2.05) is 20.8 Å². The van der Waals surface area contributed by atoms with E-state index in [0.29, 0.717) is 23.6 Å². The van der Waals surface area contributed by atoms with Crippen molar-refractivity contribution in [2.45, 2.75) is 40.0 Å². The molecule has 0 saturated carbocycles. The van der Waals surface area contributed by atoms with Crippen LogP contribution in [0.25, 0.3) is 0 Å². The van der Waals surface area contributed by atoms with E-state index in [1.165, 1.54) is 0 Å². The molecule has 2 N–H and O–H groups in total. The summed E-state index contributed by atoms with van der Waals surface area (Å²) in [6.07, 6.45) is 1.48. The lowest BCUT2D eigenvalue weighted by molar-refractivity contribution is -0.137. The van der Waals surface area contributed by atoms with Crippen LogP contribution in [0.2, 0.25) is 5.02 Å². The molecule has 0 bridgehead atoms. The molecule has 4 nitrogen and oxygen atoms in total. The van der Waals surface area contributed by atoms with Crippen LogP contribution in [0, 0.1) is 12.3 Å². The van der Waals surface area contributed by atoms with E-state index in [4.69, 9.17) is 16.7 Å². The molecule has 5 heteroatoms. The second-order valence-electron chi connectivity index (χ2n) is 6.03. The zero-order valence-electron chi connectivity index (χ0n) is 12.7. The predicted molar refractivity (Wildman–Crippen MR) is 83.8 cm³/mol. The third kappa shape index (κ3) is 6.17. The van der Waals surface area contributed by atoms with Gasteiger partial charge in [-0.05, 0) is 48.9 Å². The van der Waals surface area contributed by atoms with Gasteiger partial charge in [-0.15, -0.1) is 0 Å². The van der Waals surface area contributed by atoms with Crippen LogP contribution in [0.3, 0.4) is 0 Å². The molecule has 0 aliphatic rings. The molecule has 1 aromatic carbocycles. The standard InChI is InChI=1S/C16H22ClNO3/c1-11-10-12(4-5-13(11)17)15(21)18-9-8-16(2,3)7-6-14(19)20/h4-5,10H,6-9H2,1-3H3,(H,18,21)(H,19,20). The van der Waals surface area contributed by atoms with E-state index in [0.717, 1.165) is 12.0 Å². The van der Waals surface area contributed by atoms with Gasteiger partial charge in [0.05, 0.1) is 0 Å². The Morgan fingerprint density at radius 1 is 1.29 bits per heavy atom. The topological polar surface area (TPSA) is 66.4 Å². The maximum absolute atomic E-state index is 12.0. The Morgan fingerprint density at radius 3 is 2.52 bits per heavy atom. The van der Waals surface area contributed by atoms with Crippen LogP contribution in [0.15, 0.2) is 18.2 Å². The summed E-state index contributed by atoms with van der Waals surface area (Å²) >= 11 is 5.93. The molecule has 0 aliphatic heterocycles. The molecule has 0 aromatic heterocycles. The molecule has 0 saturated heterocycles. The van der Waals surface area contributed by atoms with E-state index < -0.39 is 5.97 Å². The second-order valence-corrected chi connectivity index (χ2v) is 6.44. The fourth-order valence-corrected chi connectivity index (χ4v) is 2.09. The van der Waals surface area contributed by atoms with Gasteiger partial charge in [0.25, 0.3) is 5.91 Å². The number of carboxylic acids is 1. The lowest BCUT2D eigenvalue weighted by Crippen LogP contribution is -2.28. The van der Waals surface area contributed by atoms with E-state index in [9.17, 15) is 9.59 Å². The van der Waals surface area contributed by atoms with Gasteiger partial charge in [0, 0.05) is 23.6 Å². The van der Waals surface area contributed by atoms with Gasteiger partial charge in [-0.1, -0.05) is 25.4 Å². The number of aryl methyl sites for hydroxylation is 1. The Hall–Kier alpha value is -1.55.